The molecule has 2 aromatic rings. The monoisotopic (exact) mass is 364 g/mol. The van der Waals surface area contributed by atoms with Crippen molar-refractivity contribution in [2.45, 2.75) is 12.7 Å². The molecule has 138 valence electrons. The smallest absolute Gasteiger partial charge is 0.416 e. The van der Waals surface area contributed by atoms with Crippen molar-refractivity contribution >= 4 is 5.69 Å². The maximum Gasteiger partial charge on any atom is 0.416 e. The Hall–Kier alpha value is -2.41. The van der Waals surface area contributed by atoms with Crippen molar-refractivity contribution in [3.63, 3.8) is 0 Å². The number of rotatable bonds is 3. The van der Waals surface area contributed by atoms with Gasteiger partial charge in [-0.25, -0.2) is 0 Å². The third-order valence-electron chi connectivity index (χ3n) is 4.75. The standard InChI is InChI=1S/C19H19F3N2O2/c20-19(21,22)15-2-1-3-16(11-15)24-8-6-23(7-9-24)12-14-4-5-17-18(10-14)26-13-25-17/h1-5,10-11H,6-9,12-13H2. The molecule has 2 aliphatic heterocycles. The van der Waals surface area contributed by atoms with Crippen LogP contribution in [0.5, 0.6) is 11.5 Å². The zero-order chi connectivity index (χ0) is 18.1. The van der Waals surface area contributed by atoms with Crippen LogP contribution in [0.2, 0.25) is 0 Å². The highest BCUT2D eigenvalue weighted by Crippen LogP contribution is 2.33. The number of fused-ring (bicyclic) bond motifs is 1. The van der Waals surface area contributed by atoms with Crippen LogP contribution in [0.1, 0.15) is 11.1 Å². The molecule has 0 unspecified atom stereocenters. The van der Waals surface area contributed by atoms with E-state index in [0.29, 0.717) is 18.8 Å². The molecule has 0 aliphatic carbocycles. The normalized spacial score (nSPS) is 17.6. The Balaban J connectivity index is 1.37. The second-order valence-corrected chi connectivity index (χ2v) is 6.50. The number of nitrogens with zero attached hydrogens (tertiary/aromatic N) is 2. The lowest BCUT2D eigenvalue weighted by Gasteiger charge is -2.36. The Morgan fingerprint density at radius 1 is 0.885 bits per heavy atom. The van der Waals surface area contributed by atoms with Gasteiger partial charge in [-0.2, -0.15) is 13.2 Å². The van der Waals surface area contributed by atoms with E-state index in [1.54, 1.807) is 6.07 Å². The van der Waals surface area contributed by atoms with Crippen molar-refractivity contribution in [3.8, 4) is 11.5 Å². The second-order valence-electron chi connectivity index (χ2n) is 6.50. The van der Waals surface area contributed by atoms with Gasteiger partial charge < -0.3 is 14.4 Å². The van der Waals surface area contributed by atoms with Gasteiger partial charge in [0.15, 0.2) is 11.5 Å². The number of ether oxygens (including phenoxy) is 2. The van der Waals surface area contributed by atoms with Gasteiger partial charge in [-0.3, -0.25) is 4.90 Å². The third kappa shape index (κ3) is 3.58. The molecule has 0 atom stereocenters. The Bertz CT molecular complexity index is 787. The average molecular weight is 364 g/mol. The van der Waals surface area contributed by atoms with E-state index >= 15 is 0 Å². The van der Waals surface area contributed by atoms with E-state index in [0.717, 1.165) is 42.8 Å². The zero-order valence-electron chi connectivity index (χ0n) is 14.1. The SMILES string of the molecule is FC(F)(F)c1cccc(N2CCN(Cc3ccc4c(c3)OCO4)CC2)c1. The minimum absolute atomic E-state index is 0.258. The fourth-order valence-corrected chi connectivity index (χ4v) is 3.34. The lowest BCUT2D eigenvalue weighted by molar-refractivity contribution is -0.137. The molecule has 4 nitrogen and oxygen atoms in total. The third-order valence-corrected chi connectivity index (χ3v) is 4.75. The van der Waals surface area contributed by atoms with E-state index in [1.807, 2.05) is 23.1 Å². The first-order valence-electron chi connectivity index (χ1n) is 8.52. The van der Waals surface area contributed by atoms with Gasteiger partial charge in [-0.1, -0.05) is 12.1 Å². The summed E-state index contributed by atoms with van der Waals surface area (Å²) in [6.45, 7) is 4.04. The molecule has 0 saturated carbocycles. The number of benzene rings is 2. The van der Waals surface area contributed by atoms with Gasteiger partial charge in [0, 0.05) is 38.4 Å². The Morgan fingerprint density at radius 2 is 1.65 bits per heavy atom. The molecule has 26 heavy (non-hydrogen) atoms. The van der Waals surface area contributed by atoms with Crippen LogP contribution >= 0.6 is 0 Å². The summed E-state index contributed by atoms with van der Waals surface area (Å²) in [6.07, 6.45) is -4.31. The maximum atomic E-state index is 12.9. The molecule has 2 heterocycles. The maximum absolute atomic E-state index is 12.9. The van der Waals surface area contributed by atoms with Crippen LogP contribution in [0.15, 0.2) is 42.5 Å². The molecule has 0 aromatic heterocycles. The summed E-state index contributed by atoms with van der Waals surface area (Å²) in [7, 11) is 0. The van der Waals surface area contributed by atoms with Crippen LogP contribution in [0.4, 0.5) is 18.9 Å². The number of halogens is 3. The molecule has 2 aliphatic rings. The summed E-state index contributed by atoms with van der Waals surface area (Å²) in [6, 6.07) is 11.5. The van der Waals surface area contributed by atoms with Crippen LogP contribution in [0, 0.1) is 0 Å². The van der Waals surface area contributed by atoms with E-state index in [2.05, 4.69) is 4.90 Å². The number of hydrogen-bond acceptors (Lipinski definition) is 4. The largest absolute Gasteiger partial charge is 0.454 e. The topological polar surface area (TPSA) is 24.9 Å². The Kier molecular flexibility index (Phi) is 4.40. The first kappa shape index (κ1) is 17.0. The van der Waals surface area contributed by atoms with Crippen LogP contribution in [0.3, 0.4) is 0 Å². The highest BCUT2D eigenvalue weighted by Gasteiger charge is 2.31. The fourth-order valence-electron chi connectivity index (χ4n) is 3.34. The summed E-state index contributed by atoms with van der Waals surface area (Å²) in [5.41, 5.74) is 1.17. The second kappa shape index (κ2) is 6.72. The number of alkyl halides is 3. The Morgan fingerprint density at radius 3 is 2.42 bits per heavy atom. The number of piperazine rings is 1. The van der Waals surface area contributed by atoms with Crippen molar-refractivity contribution in [2.24, 2.45) is 0 Å². The van der Waals surface area contributed by atoms with Crippen molar-refractivity contribution in [3.05, 3.63) is 53.6 Å². The molecule has 1 saturated heterocycles. The summed E-state index contributed by atoms with van der Waals surface area (Å²) in [4.78, 5) is 4.30. The van der Waals surface area contributed by atoms with Crippen molar-refractivity contribution < 1.29 is 22.6 Å². The molecule has 7 heteroatoms. The van der Waals surface area contributed by atoms with Gasteiger partial charge in [0.25, 0.3) is 0 Å². The molecule has 0 bridgehead atoms. The summed E-state index contributed by atoms with van der Waals surface area (Å²) >= 11 is 0. The lowest BCUT2D eigenvalue weighted by atomic mass is 10.1. The first-order chi connectivity index (χ1) is 12.5. The predicted molar refractivity (Wildman–Crippen MR) is 91.5 cm³/mol. The van der Waals surface area contributed by atoms with E-state index in [4.69, 9.17) is 9.47 Å². The van der Waals surface area contributed by atoms with Crippen molar-refractivity contribution in [2.75, 3.05) is 37.9 Å². The molecular formula is C19H19F3N2O2. The minimum atomic E-state index is -4.31. The van der Waals surface area contributed by atoms with E-state index in [1.165, 1.54) is 12.1 Å². The molecule has 0 spiro atoms. The molecular weight excluding hydrogens is 345 g/mol. The van der Waals surface area contributed by atoms with Crippen LogP contribution in [0.25, 0.3) is 0 Å². The Labute approximate surface area is 149 Å². The van der Waals surface area contributed by atoms with Gasteiger partial charge >= 0.3 is 6.18 Å². The molecule has 0 N–H and O–H groups in total. The van der Waals surface area contributed by atoms with Gasteiger partial charge in [-0.05, 0) is 35.9 Å². The summed E-state index contributed by atoms with van der Waals surface area (Å²) in [5, 5.41) is 0. The van der Waals surface area contributed by atoms with Crippen LogP contribution in [-0.4, -0.2) is 37.9 Å². The first-order valence-corrected chi connectivity index (χ1v) is 8.52. The molecule has 1 fully saturated rings. The summed E-state index contributed by atoms with van der Waals surface area (Å²) in [5.74, 6) is 1.54. The van der Waals surface area contributed by atoms with Gasteiger partial charge in [0.05, 0.1) is 5.56 Å². The van der Waals surface area contributed by atoms with Crippen molar-refractivity contribution in [1.29, 1.82) is 0 Å². The molecule has 4 rings (SSSR count). The minimum Gasteiger partial charge on any atom is -0.454 e. The van der Waals surface area contributed by atoms with E-state index in [9.17, 15) is 13.2 Å². The number of anilines is 1. The highest BCUT2D eigenvalue weighted by atomic mass is 19.4. The van der Waals surface area contributed by atoms with Gasteiger partial charge in [0.2, 0.25) is 6.79 Å². The molecule has 0 amide bonds. The average Bonchev–Trinajstić information content (AvgIpc) is 3.10. The van der Waals surface area contributed by atoms with Gasteiger partial charge in [-0.15, -0.1) is 0 Å². The van der Waals surface area contributed by atoms with Crippen molar-refractivity contribution in [1.82, 2.24) is 4.90 Å². The summed E-state index contributed by atoms with van der Waals surface area (Å²) < 4.78 is 49.4. The van der Waals surface area contributed by atoms with Crippen LogP contribution in [-0.2, 0) is 12.7 Å². The van der Waals surface area contributed by atoms with E-state index < -0.39 is 11.7 Å². The molecule has 2 aromatic carbocycles. The fraction of sp³-hybridized carbons (Fsp3) is 0.368. The zero-order valence-corrected chi connectivity index (χ0v) is 14.1. The van der Waals surface area contributed by atoms with E-state index in [-0.39, 0.29) is 6.79 Å². The number of hydrogen-bond donors (Lipinski definition) is 0. The quantitative estimate of drug-likeness (QED) is 0.828. The predicted octanol–water partition coefficient (Wildman–Crippen LogP) is 3.76. The van der Waals surface area contributed by atoms with Gasteiger partial charge in [0.1, 0.15) is 0 Å². The highest BCUT2D eigenvalue weighted by molar-refractivity contribution is 5.50. The van der Waals surface area contributed by atoms with Crippen LogP contribution < -0.4 is 14.4 Å². The lowest BCUT2D eigenvalue weighted by Crippen LogP contribution is -2.46. The molecule has 0 radical (unpaired) electrons.